The average Bonchev–Trinajstić information content (AvgIpc) is 3.07. The standard InChI is InChI=1S/C20H20N2O4S2/c1-14-19(15-8-10-16(26-2)11-9-15)22-20(27-14)21-18(23)12-13-28(24,25)17-6-4-3-5-7-17/h3-11H,12-13H2,1-2H3,(H,21,22,23). The van der Waals surface area contributed by atoms with Crippen LogP contribution in [0.3, 0.4) is 0 Å². The summed E-state index contributed by atoms with van der Waals surface area (Å²) in [5, 5.41) is 3.15. The van der Waals surface area contributed by atoms with Crippen molar-refractivity contribution in [3.8, 4) is 17.0 Å². The Morgan fingerprint density at radius 2 is 1.79 bits per heavy atom. The van der Waals surface area contributed by atoms with Crippen LogP contribution in [0.1, 0.15) is 11.3 Å². The zero-order valence-electron chi connectivity index (χ0n) is 15.5. The zero-order chi connectivity index (χ0) is 20.1. The van der Waals surface area contributed by atoms with Crippen LogP contribution < -0.4 is 10.1 Å². The third-order valence-corrected chi connectivity index (χ3v) is 6.72. The molecule has 0 aliphatic carbocycles. The van der Waals surface area contributed by atoms with Crippen LogP contribution >= 0.6 is 11.3 Å². The van der Waals surface area contributed by atoms with Crippen molar-refractivity contribution >= 4 is 32.2 Å². The molecular weight excluding hydrogens is 396 g/mol. The number of sulfone groups is 1. The number of aryl methyl sites for hydroxylation is 1. The topological polar surface area (TPSA) is 85.4 Å². The number of anilines is 1. The van der Waals surface area contributed by atoms with E-state index in [0.717, 1.165) is 21.9 Å². The molecule has 28 heavy (non-hydrogen) atoms. The molecule has 1 N–H and O–H groups in total. The van der Waals surface area contributed by atoms with E-state index in [4.69, 9.17) is 4.74 Å². The second-order valence-corrected chi connectivity index (χ2v) is 9.39. The monoisotopic (exact) mass is 416 g/mol. The van der Waals surface area contributed by atoms with E-state index in [9.17, 15) is 13.2 Å². The Morgan fingerprint density at radius 1 is 1.11 bits per heavy atom. The van der Waals surface area contributed by atoms with E-state index in [1.807, 2.05) is 31.2 Å². The quantitative estimate of drug-likeness (QED) is 0.631. The number of benzene rings is 2. The van der Waals surface area contributed by atoms with E-state index in [1.54, 1.807) is 25.3 Å². The lowest BCUT2D eigenvalue weighted by Crippen LogP contribution is -2.17. The molecule has 0 aliphatic heterocycles. The first-order valence-electron chi connectivity index (χ1n) is 8.58. The molecule has 3 rings (SSSR count). The molecule has 8 heteroatoms. The normalized spacial score (nSPS) is 11.2. The Morgan fingerprint density at radius 3 is 2.43 bits per heavy atom. The number of ether oxygens (including phenoxy) is 1. The molecule has 1 heterocycles. The number of hydrogen-bond donors (Lipinski definition) is 1. The van der Waals surface area contributed by atoms with Crippen LogP contribution in [0.2, 0.25) is 0 Å². The molecule has 0 bridgehead atoms. The highest BCUT2D eigenvalue weighted by atomic mass is 32.2. The van der Waals surface area contributed by atoms with Gasteiger partial charge in [0.2, 0.25) is 5.91 Å². The van der Waals surface area contributed by atoms with Gasteiger partial charge in [-0.25, -0.2) is 13.4 Å². The summed E-state index contributed by atoms with van der Waals surface area (Å²) in [6.45, 7) is 1.92. The van der Waals surface area contributed by atoms with Crippen LogP contribution in [0, 0.1) is 6.92 Å². The number of thiazole rings is 1. The summed E-state index contributed by atoms with van der Waals surface area (Å²) >= 11 is 1.35. The van der Waals surface area contributed by atoms with Gasteiger partial charge in [0.1, 0.15) is 5.75 Å². The summed E-state index contributed by atoms with van der Waals surface area (Å²) in [6.07, 6.45) is -0.131. The van der Waals surface area contributed by atoms with Gasteiger partial charge in [0.25, 0.3) is 0 Å². The first-order valence-corrected chi connectivity index (χ1v) is 11.1. The Hall–Kier alpha value is -2.71. The van der Waals surface area contributed by atoms with E-state index in [1.165, 1.54) is 23.5 Å². The SMILES string of the molecule is COc1ccc(-c2nc(NC(=O)CCS(=O)(=O)c3ccccc3)sc2C)cc1. The molecule has 1 amide bonds. The fourth-order valence-electron chi connectivity index (χ4n) is 2.62. The number of carbonyl (C=O) groups excluding carboxylic acids is 1. The number of amides is 1. The van der Waals surface area contributed by atoms with Crippen molar-refractivity contribution in [3.63, 3.8) is 0 Å². The van der Waals surface area contributed by atoms with Gasteiger partial charge >= 0.3 is 0 Å². The number of nitrogens with zero attached hydrogens (tertiary/aromatic N) is 1. The molecule has 0 fully saturated rings. The second-order valence-electron chi connectivity index (χ2n) is 6.08. The van der Waals surface area contributed by atoms with Crippen LogP contribution in [0.5, 0.6) is 5.75 Å². The zero-order valence-corrected chi connectivity index (χ0v) is 17.1. The highest BCUT2D eigenvalue weighted by molar-refractivity contribution is 7.91. The van der Waals surface area contributed by atoms with E-state index in [0.29, 0.717) is 5.13 Å². The minimum atomic E-state index is -3.49. The predicted molar refractivity (Wildman–Crippen MR) is 111 cm³/mol. The van der Waals surface area contributed by atoms with Gasteiger partial charge in [0, 0.05) is 16.9 Å². The molecular formula is C20H20N2O4S2. The highest BCUT2D eigenvalue weighted by Gasteiger charge is 2.17. The number of methoxy groups -OCH3 is 1. The Labute approximate surface area is 168 Å². The molecule has 0 saturated heterocycles. The van der Waals surface area contributed by atoms with Gasteiger partial charge in [-0.15, -0.1) is 11.3 Å². The lowest BCUT2D eigenvalue weighted by Gasteiger charge is -2.04. The molecule has 6 nitrogen and oxygen atoms in total. The van der Waals surface area contributed by atoms with Gasteiger partial charge in [0.15, 0.2) is 15.0 Å². The van der Waals surface area contributed by atoms with Crippen LogP contribution in [0.4, 0.5) is 5.13 Å². The van der Waals surface area contributed by atoms with E-state index >= 15 is 0 Å². The summed E-state index contributed by atoms with van der Waals surface area (Å²) in [5.41, 5.74) is 1.70. The minimum absolute atomic E-state index is 0.131. The van der Waals surface area contributed by atoms with Gasteiger partial charge < -0.3 is 10.1 Å². The smallest absolute Gasteiger partial charge is 0.227 e. The molecule has 0 atom stereocenters. The summed E-state index contributed by atoms with van der Waals surface area (Å²) in [6, 6.07) is 15.6. The minimum Gasteiger partial charge on any atom is -0.497 e. The molecule has 146 valence electrons. The van der Waals surface area contributed by atoms with Crippen LogP contribution in [-0.4, -0.2) is 32.2 Å². The largest absolute Gasteiger partial charge is 0.497 e. The van der Waals surface area contributed by atoms with Crippen molar-refractivity contribution in [1.29, 1.82) is 0 Å². The van der Waals surface area contributed by atoms with E-state index in [2.05, 4.69) is 10.3 Å². The van der Waals surface area contributed by atoms with Crippen molar-refractivity contribution < 1.29 is 17.9 Å². The third kappa shape index (κ3) is 4.76. The van der Waals surface area contributed by atoms with Crippen molar-refractivity contribution in [2.75, 3.05) is 18.2 Å². The number of hydrogen-bond acceptors (Lipinski definition) is 6. The molecule has 0 saturated carbocycles. The molecule has 0 radical (unpaired) electrons. The first kappa shape index (κ1) is 20.0. The molecule has 0 spiro atoms. The Bertz CT molecular complexity index is 1060. The fraction of sp³-hybridized carbons (Fsp3) is 0.200. The van der Waals surface area contributed by atoms with E-state index < -0.39 is 9.84 Å². The summed E-state index contributed by atoms with van der Waals surface area (Å²) in [7, 11) is -1.88. The summed E-state index contributed by atoms with van der Waals surface area (Å²) in [4.78, 5) is 17.9. The lowest BCUT2D eigenvalue weighted by molar-refractivity contribution is -0.115. The number of carbonyl (C=O) groups is 1. The fourth-order valence-corrected chi connectivity index (χ4v) is 4.73. The van der Waals surface area contributed by atoms with Crippen molar-refractivity contribution in [1.82, 2.24) is 4.98 Å². The van der Waals surface area contributed by atoms with Crippen molar-refractivity contribution in [2.45, 2.75) is 18.2 Å². The molecule has 2 aromatic carbocycles. The molecule has 1 aromatic heterocycles. The molecule has 0 aliphatic rings. The molecule has 0 unspecified atom stereocenters. The Kier molecular flexibility index (Phi) is 6.11. The summed E-state index contributed by atoms with van der Waals surface area (Å²) < 4.78 is 29.7. The number of aromatic nitrogens is 1. The van der Waals surface area contributed by atoms with Gasteiger partial charge in [-0.05, 0) is 43.3 Å². The van der Waals surface area contributed by atoms with Crippen molar-refractivity contribution in [2.24, 2.45) is 0 Å². The first-order chi connectivity index (χ1) is 13.4. The van der Waals surface area contributed by atoms with Crippen LogP contribution in [0.15, 0.2) is 59.5 Å². The average molecular weight is 417 g/mol. The van der Waals surface area contributed by atoms with Gasteiger partial charge in [-0.1, -0.05) is 18.2 Å². The van der Waals surface area contributed by atoms with Gasteiger partial charge in [0.05, 0.1) is 23.5 Å². The third-order valence-electron chi connectivity index (χ3n) is 4.11. The van der Waals surface area contributed by atoms with Gasteiger partial charge in [-0.3, -0.25) is 4.79 Å². The summed E-state index contributed by atoms with van der Waals surface area (Å²) in [5.74, 6) is 0.123. The highest BCUT2D eigenvalue weighted by Crippen LogP contribution is 2.31. The maximum absolute atomic E-state index is 12.3. The Balaban J connectivity index is 1.64. The van der Waals surface area contributed by atoms with Gasteiger partial charge in [-0.2, -0.15) is 0 Å². The maximum Gasteiger partial charge on any atom is 0.227 e. The van der Waals surface area contributed by atoms with Crippen LogP contribution in [0.25, 0.3) is 11.3 Å². The second kappa shape index (κ2) is 8.53. The van der Waals surface area contributed by atoms with Crippen LogP contribution in [-0.2, 0) is 14.6 Å². The lowest BCUT2D eigenvalue weighted by atomic mass is 10.1. The predicted octanol–water partition coefficient (Wildman–Crippen LogP) is 3.93. The number of nitrogens with one attached hydrogen (secondary N) is 1. The number of rotatable bonds is 7. The molecule has 3 aromatic rings. The van der Waals surface area contributed by atoms with Crippen molar-refractivity contribution in [3.05, 3.63) is 59.5 Å². The van der Waals surface area contributed by atoms with E-state index in [-0.39, 0.29) is 23.0 Å². The maximum atomic E-state index is 12.3.